The summed E-state index contributed by atoms with van der Waals surface area (Å²) in [6, 6.07) is -0.791. The molecule has 0 aliphatic carbocycles. The second-order valence-corrected chi connectivity index (χ2v) is 5.70. The van der Waals surface area contributed by atoms with E-state index in [1.807, 2.05) is 6.92 Å². The molecule has 2 N–H and O–H groups in total. The van der Waals surface area contributed by atoms with E-state index in [4.69, 9.17) is 9.47 Å². The molecule has 0 radical (unpaired) electrons. The average molecular weight is 343 g/mol. The summed E-state index contributed by atoms with van der Waals surface area (Å²) in [5.41, 5.74) is 0. The molecule has 0 spiro atoms. The fraction of sp³-hybridized carbons (Fsp3) is 0.812. The van der Waals surface area contributed by atoms with E-state index in [2.05, 4.69) is 10.6 Å². The molecule has 1 fully saturated rings. The quantitative estimate of drug-likeness (QED) is 0.394. The predicted molar refractivity (Wildman–Crippen MR) is 88.4 cm³/mol. The van der Waals surface area contributed by atoms with Gasteiger partial charge in [-0.05, 0) is 19.4 Å². The predicted octanol–water partition coefficient (Wildman–Crippen LogP) is -0.327. The molecule has 1 unspecified atom stereocenters. The lowest BCUT2D eigenvalue weighted by Gasteiger charge is -2.34. The minimum absolute atomic E-state index is 0.106. The molecule has 0 saturated carbocycles. The summed E-state index contributed by atoms with van der Waals surface area (Å²) < 4.78 is 10.0. The Balaban J connectivity index is 2.47. The highest BCUT2D eigenvalue weighted by Crippen LogP contribution is 2.10. The van der Waals surface area contributed by atoms with Crippen molar-refractivity contribution < 1.29 is 23.9 Å². The first-order valence-electron chi connectivity index (χ1n) is 8.52. The molecule has 0 bridgehead atoms. The Hall–Kier alpha value is -1.67. The molecule has 138 valence electrons. The highest BCUT2D eigenvalue weighted by Gasteiger charge is 2.34. The standard InChI is InChI=1S/C16H29N3O5/c1-3-4-10-24-15(21)11-13-16(22)18-7-8-19(13)14(20)12-17-6-5-9-23-2/h13,17H,3-12H2,1-2H3,(H,18,22). The topological polar surface area (TPSA) is 97.0 Å². The van der Waals surface area contributed by atoms with Crippen molar-refractivity contribution in [3.8, 4) is 0 Å². The molecular formula is C16H29N3O5. The van der Waals surface area contributed by atoms with Gasteiger partial charge in [0.1, 0.15) is 6.04 Å². The van der Waals surface area contributed by atoms with E-state index in [0.29, 0.717) is 32.8 Å². The summed E-state index contributed by atoms with van der Waals surface area (Å²) in [5, 5.41) is 5.72. The van der Waals surface area contributed by atoms with Gasteiger partial charge in [0, 0.05) is 26.8 Å². The number of carbonyl (C=O) groups excluding carboxylic acids is 3. The van der Waals surface area contributed by atoms with Crippen molar-refractivity contribution in [1.82, 2.24) is 15.5 Å². The normalized spacial score (nSPS) is 17.5. The lowest BCUT2D eigenvalue weighted by molar-refractivity contribution is -0.151. The number of methoxy groups -OCH3 is 1. The first kappa shape index (κ1) is 20.4. The minimum atomic E-state index is -0.791. The Labute approximate surface area is 143 Å². The van der Waals surface area contributed by atoms with Crippen LogP contribution in [0.3, 0.4) is 0 Å². The molecule has 1 rings (SSSR count). The number of unbranched alkanes of at least 4 members (excludes halogenated alkanes) is 1. The van der Waals surface area contributed by atoms with Gasteiger partial charge in [0.25, 0.3) is 0 Å². The van der Waals surface area contributed by atoms with Crippen molar-refractivity contribution >= 4 is 17.8 Å². The van der Waals surface area contributed by atoms with Gasteiger partial charge < -0.3 is 25.0 Å². The minimum Gasteiger partial charge on any atom is -0.466 e. The fourth-order valence-corrected chi connectivity index (χ4v) is 2.40. The summed E-state index contributed by atoms with van der Waals surface area (Å²) in [7, 11) is 1.63. The van der Waals surface area contributed by atoms with Crippen LogP contribution in [0.4, 0.5) is 0 Å². The zero-order valence-corrected chi connectivity index (χ0v) is 14.6. The Morgan fingerprint density at radius 3 is 2.83 bits per heavy atom. The maximum absolute atomic E-state index is 12.3. The molecular weight excluding hydrogens is 314 g/mol. The summed E-state index contributed by atoms with van der Waals surface area (Å²) in [5.74, 6) is -0.939. The Morgan fingerprint density at radius 2 is 2.12 bits per heavy atom. The van der Waals surface area contributed by atoms with E-state index in [1.54, 1.807) is 7.11 Å². The molecule has 24 heavy (non-hydrogen) atoms. The molecule has 0 aromatic carbocycles. The van der Waals surface area contributed by atoms with Gasteiger partial charge in [0.15, 0.2) is 0 Å². The third-order valence-electron chi connectivity index (χ3n) is 3.75. The van der Waals surface area contributed by atoms with Crippen LogP contribution in [0, 0.1) is 0 Å². The number of ether oxygens (including phenoxy) is 2. The van der Waals surface area contributed by atoms with Gasteiger partial charge >= 0.3 is 5.97 Å². The third-order valence-corrected chi connectivity index (χ3v) is 3.75. The molecule has 1 saturated heterocycles. The number of rotatable bonds is 11. The van der Waals surface area contributed by atoms with Crippen molar-refractivity contribution in [2.75, 3.05) is 46.5 Å². The molecule has 1 heterocycles. The Bertz CT molecular complexity index is 417. The van der Waals surface area contributed by atoms with E-state index in [-0.39, 0.29) is 24.8 Å². The van der Waals surface area contributed by atoms with Gasteiger partial charge in [-0.2, -0.15) is 0 Å². The van der Waals surface area contributed by atoms with E-state index < -0.39 is 12.0 Å². The van der Waals surface area contributed by atoms with Gasteiger partial charge in [0.2, 0.25) is 11.8 Å². The van der Waals surface area contributed by atoms with Crippen LogP contribution in [0.1, 0.15) is 32.6 Å². The first-order valence-corrected chi connectivity index (χ1v) is 8.52. The maximum Gasteiger partial charge on any atom is 0.308 e. The van der Waals surface area contributed by atoms with Crippen molar-refractivity contribution in [3.63, 3.8) is 0 Å². The van der Waals surface area contributed by atoms with E-state index >= 15 is 0 Å². The molecule has 0 aromatic rings. The Morgan fingerprint density at radius 1 is 1.33 bits per heavy atom. The van der Waals surface area contributed by atoms with Gasteiger partial charge in [-0.1, -0.05) is 13.3 Å². The second-order valence-electron chi connectivity index (χ2n) is 5.70. The van der Waals surface area contributed by atoms with E-state index in [1.165, 1.54) is 4.90 Å². The number of piperazine rings is 1. The monoisotopic (exact) mass is 343 g/mol. The lowest BCUT2D eigenvalue weighted by atomic mass is 10.1. The summed E-state index contributed by atoms with van der Waals surface area (Å²) in [4.78, 5) is 37.7. The van der Waals surface area contributed by atoms with Gasteiger partial charge in [0.05, 0.1) is 19.6 Å². The highest BCUT2D eigenvalue weighted by atomic mass is 16.5. The highest BCUT2D eigenvalue weighted by molar-refractivity contribution is 5.92. The zero-order chi connectivity index (χ0) is 17.8. The van der Waals surface area contributed by atoms with Crippen LogP contribution in [0.2, 0.25) is 0 Å². The lowest BCUT2D eigenvalue weighted by Crippen LogP contribution is -2.59. The van der Waals surface area contributed by atoms with E-state index in [0.717, 1.165) is 19.3 Å². The molecule has 1 aliphatic heterocycles. The molecule has 1 atom stereocenters. The van der Waals surface area contributed by atoms with Crippen LogP contribution in [0.5, 0.6) is 0 Å². The van der Waals surface area contributed by atoms with Crippen LogP contribution >= 0.6 is 0 Å². The van der Waals surface area contributed by atoms with Crippen molar-refractivity contribution in [1.29, 1.82) is 0 Å². The summed E-state index contributed by atoms with van der Waals surface area (Å²) >= 11 is 0. The number of hydrogen-bond donors (Lipinski definition) is 2. The van der Waals surface area contributed by atoms with Crippen molar-refractivity contribution in [2.45, 2.75) is 38.6 Å². The van der Waals surface area contributed by atoms with Gasteiger partial charge in [-0.25, -0.2) is 0 Å². The number of esters is 1. The largest absolute Gasteiger partial charge is 0.466 e. The van der Waals surface area contributed by atoms with Crippen molar-refractivity contribution in [2.24, 2.45) is 0 Å². The molecule has 2 amide bonds. The SMILES string of the molecule is CCCCOC(=O)CC1C(=O)NCCN1C(=O)CNCCCOC. The summed E-state index contributed by atoms with van der Waals surface area (Å²) in [6.07, 6.45) is 2.41. The van der Waals surface area contributed by atoms with E-state index in [9.17, 15) is 14.4 Å². The number of amides is 2. The molecule has 8 nitrogen and oxygen atoms in total. The number of carbonyl (C=O) groups is 3. The van der Waals surface area contributed by atoms with Crippen molar-refractivity contribution in [3.05, 3.63) is 0 Å². The molecule has 0 aromatic heterocycles. The van der Waals surface area contributed by atoms with Crippen LogP contribution in [-0.2, 0) is 23.9 Å². The smallest absolute Gasteiger partial charge is 0.308 e. The summed E-state index contributed by atoms with van der Waals surface area (Å²) in [6.45, 7) is 4.56. The number of hydrogen-bond acceptors (Lipinski definition) is 6. The Kier molecular flexibility index (Phi) is 10.0. The molecule has 8 heteroatoms. The third kappa shape index (κ3) is 7.27. The fourth-order valence-electron chi connectivity index (χ4n) is 2.40. The average Bonchev–Trinajstić information content (AvgIpc) is 2.56. The first-order chi connectivity index (χ1) is 11.6. The van der Waals surface area contributed by atoms with Gasteiger partial charge in [-0.15, -0.1) is 0 Å². The maximum atomic E-state index is 12.3. The second kappa shape index (κ2) is 11.8. The van der Waals surface area contributed by atoms with Crippen LogP contribution in [-0.4, -0.2) is 75.2 Å². The van der Waals surface area contributed by atoms with Crippen LogP contribution < -0.4 is 10.6 Å². The van der Waals surface area contributed by atoms with Crippen LogP contribution in [0.15, 0.2) is 0 Å². The zero-order valence-electron chi connectivity index (χ0n) is 14.6. The van der Waals surface area contributed by atoms with Gasteiger partial charge in [-0.3, -0.25) is 14.4 Å². The number of nitrogens with one attached hydrogen (secondary N) is 2. The number of nitrogens with zero attached hydrogens (tertiary/aromatic N) is 1. The molecule has 1 aliphatic rings. The van der Waals surface area contributed by atoms with Crippen LogP contribution in [0.25, 0.3) is 0 Å².